The molecule has 0 radical (unpaired) electrons. The molecule has 2 aliphatic rings. The highest BCUT2D eigenvalue weighted by Crippen LogP contribution is 2.33. The first-order valence-corrected chi connectivity index (χ1v) is 9.41. The Labute approximate surface area is 131 Å². The fourth-order valence-electron chi connectivity index (χ4n) is 3.24. The van der Waals surface area contributed by atoms with Crippen LogP contribution in [0.5, 0.6) is 5.88 Å². The maximum Gasteiger partial charge on any atom is 0.214 e. The van der Waals surface area contributed by atoms with Gasteiger partial charge in [0, 0.05) is 18.9 Å². The minimum absolute atomic E-state index is 0.112. The summed E-state index contributed by atoms with van der Waals surface area (Å²) in [5.74, 6) is 0.683. The summed E-state index contributed by atoms with van der Waals surface area (Å²) in [5.41, 5.74) is 0. The van der Waals surface area contributed by atoms with Gasteiger partial charge in [0.05, 0.1) is 18.3 Å². The molecule has 0 unspecified atom stereocenters. The van der Waals surface area contributed by atoms with E-state index in [1.165, 1.54) is 0 Å². The lowest BCUT2D eigenvalue weighted by Crippen LogP contribution is -2.44. The Morgan fingerprint density at radius 1 is 1.45 bits per heavy atom. The van der Waals surface area contributed by atoms with Crippen molar-refractivity contribution in [1.29, 1.82) is 0 Å². The second-order valence-corrected chi connectivity index (χ2v) is 7.80. The number of nitrogens with zero attached hydrogens (tertiary/aromatic N) is 2. The molecular formula is C15H22N2O4S. The molecule has 2 fully saturated rings. The van der Waals surface area contributed by atoms with Crippen molar-refractivity contribution in [1.82, 2.24) is 9.29 Å². The predicted molar refractivity (Wildman–Crippen MR) is 82.2 cm³/mol. The van der Waals surface area contributed by atoms with Crippen molar-refractivity contribution in [2.75, 3.05) is 18.9 Å². The van der Waals surface area contributed by atoms with E-state index in [9.17, 15) is 8.42 Å². The molecule has 122 valence electrons. The first kappa shape index (κ1) is 15.7. The number of fused-ring (bicyclic) bond motifs is 1. The van der Waals surface area contributed by atoms with Gasteiger partial charge in [-0.3, -0.25) is 0 Å². The molecular weight excluding hydrogens is 304 g/mol. The van der Waals surface area contributed by atoms with Crippen LogP contribution < -0.4 is 4.74 Å². The van der Waals surface area contributed by atoms with Crippen LogP contribution in [0.4, 0.5) is 0 Å². The van der Waals surface area contributed by atoms with Crippen LogP contribution >= 0.6 is 0 Å². The maximum atomic E-state index is 12.5. The third kappa shape index (κ3) is 3.11. The van der Waals surface area contributed by atoms with Gasteiger partial charge < -0.3 is 9.47 Å². The molecule has 2 saturated heterocycles. The van der Waals surface area contributed by atoms with Crippen LogP contribution in [0.2, 0.25) is 0 Å². The van der Waals surface area contributed by atoms with Gasteiger partial charge in [-0.1, -0.05) is 13.0 Å². The van der Waals surface area contributed by atoms with Crippen LogP contribution in [0, 0.1) is 0 Å². The molecule has 0 spiro atoms. The third-order valence-electron chi connectivity index (χ3n) is 4.16. The van der Waals surface area contributed by atoms with E-state index in [2.05, 4.69) is 4.98 Å². The maximum absolute atomic E-state index is 12.5. The van der Waals surface area contributed by atoms with Crippen LogP contribution in [0.1, 0.15) is 26.2 Å². The molecule has 7 heteroatoms. The van der Waals surface area contributed by atoms with Crippen LogP contribution in [-0.4, -0.2) is 54.9 Å². The molecule has 1 aromatic heterocycles. The molecule has 0 amide bonds. The number of ether oxygens (including phenoxy) is 2. The lowest BCUT2D eigenvalue weighted by molar-refractivity contribution is -0.0426. The van der Waals surface area contributed by atoms with E-state index in [0.717, 1.165) is 12.8 Å². The molecule has 0 N–H and O–H groups in total. The topological polar surface area (TPSA) is 68.7 Å². The highest BCUT2D eigenvalue weighted by Gasteiger charge is 2.49. The quantitative estimate of drug-likeness (QED) is 0.819. The average Bonchev–Trinajstić information content (AvgIpc) is 2.88. The standard InChI is InChI=1S/C15H22N2O4S/c1-2-10-22(18,19)17-11-13(15-12(17)6-5-9-20-15)21-14-7-3-4-8-16-14/h3-4,7-8,12-13,15H,2,5-6,9-11H2,1H3/t12-,13-,15+/m1/s1. The number of pyridine rings is 1. The van der Waals surface area contributed by atoms with Crippen LogP contribution in [0.3, 0.4) is 0 Å². The van der Waals surface area contributed by atoms with Gasteiger partial charge >= 0.3 is 0 Å². The Morgan fingerprint density at radius 3 is 3.05 bits per heavy atom. The van der Waals surface area contributed by atoms with E-state index in [0.29, 0.717) is 25.5 Å². The number of sulfonamides is 1. The molecule has 0 aromatic carbocycles. The van der Waals surface area contributed by atoms with Gasteiger partial charge in [0.2, 0.25) is 15.9 Å². The van der Waals surface area contributed by atoms with E-state index in [1.54, 1.807) is 16.6 Å². The van der Waals surface area contributed by atoms with Crippen molar-refractivity contribution < 1.29 is 17.9 Å². The molecule has 0 saturated carbocycles. The molecule has 3 atom stereocenters. The van der Waals surface area contributed by atoms with Crippen LogP contribution in [0.25, 0.3) is 0 Å². The van der Waals surface area contributed by atoms with E-state index in [4.69, 9.17) is 9.47 Å². The van der Waals surface area contributed by atoms with E-state index < -0.39 is 10.0 Å². The molecule has 1 aromatic rings. The Bertz CT molecular complexity index is 593. The summed E-state index contributed by atoms with van der Waals surface area (Å²) < 4.78 is 38.3. The van der Waals surface area contributed by atoms with Gasteiger partial charge in [0.25, 0.3) is 0 Å². The molecule has 22 heavy (non-hydrogen) atoms. The van der Waals surface area contributed by atoms with Crippen molar-refractivity contribution in [2.45, 2.75) is 44.4 Å². The van der Waals surface area contributed by atoms with Crippen LogP contribution in [0.15, 0.2) is 24.4 Å². The highest BCUT2D eigenvalue weighted by molar-refractivity contribution is 7.89. The van der Waals surface area contributed by atoms with Gasteiger partial charge in [-0.25, -0.2) is 13.4 Å². The average molecular weight is 326 g/mol. The summed E-state index contributed by atoms with van der Waals surface area (Å²) in [7, 11) is -3.25. The van der Waals surface area contributed by atoms with Crippen molar-refractivity contribution in [3.63, 3.8) is 0 Å². The van der Waals surface area contributed by atoms with Gasteiger partial charge in [-0.2, -0.15) is 4.31 Å². The summed E-state index contributed by atoms with van der Waals surface area (Å²) in [5, 5.41) is 0. The zero-order chi connectivity index (χ0) is 15.6. The van der Waals surface area contributed by atoms with Crippen molar-refractivity contribution >= 4 is 10.0 Å². The Morgan fingerprint density at radius 2 is 2.32 bits per heavy atom. The van der Waals surface area contributed by atoms with E-state index in [-0.39, 0.29) is 24.0 Å². The molecule has 6 nitrogen and oxygen atoms in total. The SMILES string of the molecule is CCCS(=O)(=O)N1C[C@@H](Oc2ccccn2)[C@H]2OCCC[C@H]21. The monoisotopic (exact) mass is 326 g/mol. The summed E-state index contributed by atoms with van der Waals surface area (Å²) in [6.07, 6.45) is 3.48. The van der Waals surface area contributed by atoms with E-state index >= 15 is 0 Å². The van der Waals surface area contributed by atoms with Crippen molar-refractivity contribution in [2.24, 2.45) is 0 Å². The van der Waals surface area contributed by atoms with Gasteiger partial charge in [0.15, 0.2) is 0 Å². The second kappa shape index (κ2) is 6.52. The van der Waals surface area contributed by atoms with Crippen molar-refractivity contribution in [3.8, 4) is 5.88 Å². The zero-order valence-electron chi connectivity index (χ0n) is 12.7. The Kier molecular flexibility index (Phi) is 4.65. The fraction of sp³-hybridized carbons (Fsp3) is 0.667. The first-order valence-electron chi connectivity index (χ1n) is 7.80. The van der Waals surface area contributed by atoms with Crippen molar-refractivity contribution in [3.05, 3.63) is 24.4 Å². The van der Waals surface area contributed by atoms with Gasteiger partial charge in [-0.15, -0.1) is 0 Å². The summed E-state index contributed by atoms with van der Waals surface area (Å²) in [6, 6.07) is 5.33. The Hall–Kier alpha value is -1.18. The smallest absolute Gasteiger partial charge is 0.214 e. The highest BCUT2D eigenvalue weighted by atomic mass is 32.2. The number of hydrogen-bond donors (Lipinski definition) is 0. The normalized spacial score (nSPS) is 29.2. The number of hydrogen-bond acceptors (Lipinski definition) is 5. The molecule has 0 aliphatic carbocycles. The fourth-order valence-corrected chi connectivity index (χ4v) is 5.00. The summed E-state index contributed by atoms with van der Waals surface area (Å²) >= 11 is 0. The predicted octanol–water partition coefficient (Wildman–Crippen LogP) is 1.43. The Balaban J connectivity index is 1.80. The largest absolute Gasteiger partial charge is 0.470 e. The second-order valence-electron chi connectivity index (χ2n) is 5.75. The molecule has 0 bridgehead atoms. The molecule has 3 heterocycles. The number of rotatable bonds is 5. The third-order valence-corrected chi connectivity index (χ3v) is 6.22. The van der Waals surface area contributed by atoms with E-state index in [1.807, 2.05) is 19.1 Å². The summed E-state index contributed by atoms with van der Waals surface area (Å²) in [6.45, 7) is 2.88. The van der Waals surface area contributed by atoms with Gasteiger partial charge in [0.1, 0.15) is 12.2 Å². The minimum atomic E-state index is -3.25. The lowest BCUT2D eigenvalue weighted by Gasteiger charge is -2.31. The zero-order valence-corrected chi connectivity index (χ0v) is 13.5. The molecule has 2 aliphatic heterocycles. The molecule has 3 rings (SSSR count). The lowest BCUT2D eigenvalue weighted by atomic mass is 10.0. The first-order chi connectivity index (χ1) is 10.6. The van der Waals surface area contributed by atoms with Crippen LogP contribution in [-0.2, 0) is 14.8 Å². The van der Waals surface area contributed by atoms with Gasteiger partial charge in [-0.05, 0) is 25.3 Å². The summed E-state index contributed by atoms with van der Waals surface area (Å²) in [4.78, 5) is 4.16. The number of aromatic nitrogens is 1. The minimum Gasteiger partial charge on any atom is -0.470 e.